The molecule has 14 N–H and O–H groups in total. The zero-order chi connectivity index (χ0) is 60.7. The molecule has 4 saturated heterocycles. The zero-order valence-electron chi connectivity index (χ0n) is 48.4. The quantitative estimate of drug-likeness (QED) is 0.0367. The van der Waals surface area contributed by atoms with E-state index in [1.807, 2.05) is 13.8 Å². The first-order valence-electron chi connectivity index (χ1n) is 29.6. The lowest BCUT2D eigenvalue weighted by atomic mass is 9.33. The van der Waals surface area contributed by atoms with Gasteiger partial charge in [-0.25, -0.2) is 9.59 Å². The molecule has 4 saturated carbocycles. The molecule has 0 aromatic rings. The van der Waals surface area contributed by atoms with Gasteiger partial charge in [0.15, 0.2) is 31.3 Å². The Kier molecular flexibility index (Phi) is 19.2. The van der Waals surface area contributed by atoms with Crippen molar-refractivity contribution in [2.45, 2.75) is 242 Å². The number of carboxylic acid groups (broad SMARTS) is 1. The van der Waals surface area contributed by atoms with E-state index in [9.17, 15) is 81.1 Å². The molecule has 9 rings (SSSR count). The first-order chi connectivity index (χ1) is 39.0. The summed E-state index contributed by atoms with van der Waals surface area (Å²) in [6.07, 6.45) is -25.8. The molecule has 0 aromatic carbocycles. The van der Waals surface area contributed by atoms with Crippen LogP contribution < -0.4 is 0 Å². The summed E-state index contributed by atoms with van der Waals surface area (Å²) in [4.78, 5) is 26.5. The Hall–Kier alpha value is -2.42. The van der Waals surface area contributed by atoms with E-state index in [1.165, 1.54) is 6.08 Å². The number of carbonyl (C=O) groups is 2. The van der Waals surface area contributed by atoms with Gasteiger partial charge >= 0.3 is 11.9 Å². The topological polar surface area (TPSA) is 400 Å². The van der Waals surface area contributed by atoms with Gasteiger partial charge in [0.2, 0.25) is 0 Å². The fourth-order valence-corrected chi connectivity index (χ4v) is 17.0. The highest BCUT2D eigenvalue weighted by Crippen LogP contribution is 2.76. The van der Waals surface area contributed by atoms with Gasteiger partial charge in [0.25, 0.3) is 0 Å². The van der Waals surface area contributed by atoms with Crippen LogP contribution in [-0.2, 0) is 52.2 Å². The molecule has 25 heteroatoms. The highest BCUT2D eigenvalue weighted by Gasteiger charge is 2.72. The van der Waals surface area contributed by atoms with Gasteiger partial charge in [-0.1, -0.05) is 72.6 Å². The van der Waals surface area contributed by atoms with E-state index in [1.54, 1.807) is 6.08 Å². The summed E-state index contributed by atoms with van der Waals surface area (Å²) in [5.74, 6) is -2.88. The minimum atomic E-state index is -2.24. The van der Waals surface area contributed by atoms with Gasteiger partial charge in [0.05, 0.1) is 50.7 Å². The third-order valence-corrected chi connectivity index (χ3v) is 21.9. The van der Waals surface area contributed by atoms with Crippen LogP contribution >= 0.6 is 0 Å². The van der Waals surface area contributed by atoms with Crippen molar-refractivity contribution >= 4 is 11.9 Å². The normalized spacial score (nSPS) is 51.6. The van der Waals surface area contributed by atoms with Crippen LogP contribution in [-0.4, -0.2) is 245 Å². The van der Waals surface area contributed by atoms with Crippen LogP contribution in [0.1, 0.15) is 113 Å². The zero-order valence-corrected chi connectivity index (χ0v) is 48.4. The molecule has 0 bridgehead atoms. The van der Waals surface area contributed by atoms with Crippen LogP contribution in [0.25, 0.3) is 0 Å². The minimum absolute atomic E-state index is 0.0393. The molecule has 0 spiro atoms. The third kappa shape index (κ3) is 11.1. The highest BCUT2D eigenvalue weighted by molar-refractivity contribution is 5.82. The number of esters is 1. The number of hydrogen-bond donors (Lipinski definition) is 14. The Morgan fingerprint density at radius 2 is 1.30 bits per heavy atom. The summed E-state index contributed by atoms with van der Waals surface area (Å²) in [5.41, 5.74) is -3.04. The molecule has 29 atom stereocenters. The average Bonchev–Trinajstić information content (AvgIpc) is 2.10. The van der Waals surface area contributed by atoms with Crippen LogP contribution in [0.15, 0.2) is 23.8 Å². The Morgan fingerprint density at radius 1 is 0.651 bits per heavy atom. The van der Waals surface area contributed by atoms with E-state index in [0.29, 0.717) is 51.4 Å². The summed E-state index contributed by atoms with van der Waals surface area (Å²) in [7, 11) is 0. The van der Waals surface area contributed by atoms with Gasteiger partial charge in [-0.2, -0.15) is 0 Å². The Bertz CT molecular complexity index is 2340. The lowest BCUT2D eigenvalue weighted by Gasteiger charge is -2.72. The van der Waals surface area contributed by atoms with Crippen molar-refractivity contribution in [3.8, 4) is 0 Å². The van der Waals surface area contributed by atoms with E-state index in [0.717, 1.165) is 12.0 Å². The predicted molar refractivity (Wildman–Crippen MR) is 283 cm³/mol. The molecule has 25 nitrogen and oxygen atoms in total. The minimum Gasteiger partial charge on any atom is -0.479 e. The van der Waals surface area contributed by atoms with Gasteiger partial charge in [0.1, 0.15) is 85.5 Å². The lowest BCUT2D eigenvalue weighted by molar-refractivity contribution is -0.400. The van der Waals surface area contributed by atoms with Crippen LogP contribution in [0.4, 0.5) is 0 Å². The van der Waals surface area contributed by atoms with E-state index in [2.05, 4.69) is 40.7 Å². The third-order valence-electron chi connectivity index (χ3n) is 21.9. The van der Waals surface area contributed by atoms with E-state index >= 15 is 0 Å². The van der Waals surface area contributed by atoms with E-state index in [4.69, 9.17) is 42.6 Å². The molecule has 83 heavy (non-hydrogen) atoms. The standard InChI is InChI=1S/C58H92O25/c1-8-9-10-11-36(65)78-35-20-53(2,3)18-27-26-12-13-32-54(4)16-15-34(55(5,24-60)31(54)14-17-56(32,6)57(26,7)19-33(64)58(27,35)25-61)79-52-47(83-50-42(71)40(69)39(68)30(21-59)77-50)44(43(72)45(81-52)48(73)74)80-51-46(38(67)29(63)23-76-51)82-49-41(70)37(66)28(62)22-75-49/h10-12,27-35,37-47,49-52,59-64,66-72H,8-9,13-25H2,1-7H3,(H,73,74)/b11-10-/t27?,28-,29+,30-,31?,32?,33-,34+,35+,37+,38+,39+,40+,41-,42-,43+,44+,45+,46-,47-,49+,50+,51+,52-,54+,55+,56-,57-,58+/m1/s1. The predicted octanol–water partition coefficient (Wildman–Crippen LogP) is -1.37. The van der Waals surface area contributed by atoms with Crippen molar-refractivity contribution < 1.29 is 124 Å². The second-order valence-corrected chi connectivity index (χ2v) is 27.1. The maximum atomic E-state index is 13.4. The summed E-state index contributed by atoms with van der Waals surface area (Å²) in [5, 5.41) is 155. The number of carboxylic acids is 1. The van der Waals surface area contributed by atoms with Gasteiger partial charge in [-0.05, 0) is 97.2 Å². The monoisotopic (exact) mass is 1190 g/mol. The van der Waals surface area contributed by atoms with Crippen molar-refractivity contribution in [2.24, 2.45) is 50.2 Å². The fourth-order valence-electron chi connectivity index (χ4n) is 17.0. The molecule has 4 heterocycles. The number of aliphatic carboxylic acids is 1. The van der Waals surface area contributed by atoms with Crippen molar-refractivity contribution in [3.63, 3.8) is 0 Å². The summed E-state index contributed by atoms with van der Waals surface area (Å²) in [6.45, 7) is 12.0. The van der Waals surface area contributed by atoms with Gasteiger partial charge in [0, 0.05) is 11.5 Å². The maximum absolute atomic E-state index is 13.4. The molecule has 9 aliphatic rings. The highest BCUT2D eigenvalue weighted by atomic mass is 16.8. The van der Waals surface area contributed by atoms with Gasteiger partial charge in [-0.15, -0.1) is 0 Å². The molecule has 0 amide bonds. The average molecular weight is 1190 g/mol. The smallest absolute Gasteiger partial charge is 0.335 e. The van der Waals surface area contributed by atoms with Crippen LogP contribution in [0.5, 0.6) is 0 Å². The van der Waals surface area contributed by atoms with E-state index in [-0.39, 0.29) is 36.2 Å². The first kappa shape index (κ1) is 65.0. The summed E-state index contributed by atoms with van der Waals surface area (Å²) < 4.78 is 54.7. The number of allylic oxidation sites excluding steroid dienone is 3. The molecular formula is C58H92O25. The van der Waals surface area contributed by atoms with Crippen LogP contribution in [0.3, 0.4) is 0 Å². The Labute approximate surface area is 483 Å². The second kappa shape index (κ2) is 24.5. The summed E-state index contributed by atoms with van der Waals surface area (Å²) >= 11 is 0. The second-order valence-electron chi connectivity index (χ2n) is 27.1. The molecular weight excluding hydrogens is 1100 g/mol. The molecule has 3 unspecified atom stereocenters. The van der Waals surface area contributed by atoms with Crippen molar-refractivity contribution in [3.05, 3.63) is 23.8 Å². The van der Waals surface area contributed by atoms with Crippen molar-refractivity contribution in [2.75, 3.05) is 33.0 Å². The molecule has 8 fully saturated rings. The number of rotatable bonds is 16. The number of carbonyl (C=O) groups excluding carboxylic acids is 1. The number of aliphatic hydroxyl groups excluding tert-OH is 13. The number of hydrogen-bond acceptors (Lipinski definition) is 24. The largest absolute Gasteiger partial charge is 0.479 e. The van der Waals surface area contributed by atoms with E-state index < -0.39 is 194 Å². The van der Waals surface area contributed by atoms with Gasteiger partial charge < -0.3 is 114 Å². The fraction of sp³-hybridized carbons (Fsp3) is 0.897. The first-order valence-corrected chi connectivity index (χ1v) is 29.6. The van der Waals surface area contributed by atoms with Crippen LogP contribution in [0.2, 0.25) is 0 Å². The molecule has 0 radical (unpaired) electrons. The lowest BCUT2D eigenvalue weighted by Crippen LogP contribution is -2.70. The van der Waals surface area contributed by atoms with Gasteiger partial charge in [-0.3, -0.25) is 0 Å². The van der Waals surface area contributed by atoms with Crippen molar-refractivity contribution in [1.29, 1.82) is 0 Å². The molecule has 5 aliphatic carbocycles. The molecule has 474 valence electrons. The van der Waals surface area contributed by atoms with Crippen molar-refractivity contribution in [1.82, 2.24) is 0 Å². The number of fused-ring (bicyclic) bond motifs is 7. The molecule has 4 aliphatic heterocycles. The maximum Gasteiger partial charge on any atom is 0.335 e. The SMILES string of the molecule is CCC/C=C\C(=O)O[C@H]1CC(C)(C)CC2C3=CCC4[C@@]5(C)CC[C@H](O[C@@H]6O[C@H](C(=O)O)[C@@H](O)[C@H](O[C@@H]7OC[C@H](O)[C@H](O)[C@H]7O[C@@H]7OC[C@@H](O)[C@H](O)[C@H]7O)[C@H]6O[C@@H]6O[C@H](CO)[C@H](O)[C@H](O)[C@H]6O)[C@@](C)(CO)C5CC[C@@]4(C)[C@]3(C)C[C@@H](O)[C@]21CO. The number of ether oxygens (including phenoxy) is 9. The number of unbranched alkanes of at least 4 members (excludes halogenated alkanes) is 1. The summed E-state index contributed by atoms with van der Waals surface area (Å²) in [6, 6.07) is 0. The Balaban J connectivity index is 1.04. The molecule has 0 aromatic heterocycles. The Morgan fingerprint density at radius 3 is 1.95 bits per heavy atom. The number of aliphatic hydroxyl groups is 13. The van der Waals surface area contributed by atoms with Crippen LogP contribution in [0, 0.1) is 50.2 Å².